The lowest BCUT2D eigenvalue weighted by molar-refractivity contribution is 0.0797. The highest BCUT2D eigenvalue weighted by Gasteiger charge is 2.30. The summed E-state index contributed by atoms with van der Waals surface area (Å²) in [6.07, 6.45) is 7.88. The molecule has 2 aliphatic rings. The molecule has 0 unspecified atom stereocenters. The third-order valence-electron chi connectivity index (χ3n) is 4.44. The Labute approximate surface area is 134 Å². The van der Waals surface area contributed by atoms with E-state index in [0.29, 0.717) is 18.6 Å². The van der Waals surface area contributed by atoms with Crippen molar-refractivity contribution in [1.29, 1.82) is 0 Å². The van der Waals surface area contributed by atoms with Crippen LogP contribution in [0, 0.1) is 6.92 Å². The molecule has 1 fully saturated rings. The quantitative estimate of drug-likeness (QED) is 0.875. The number of anilines is 2. The van der Waals surface area contributed by atoms with Crippen molar-refractivity contribution < 1.29 is 4.74 Å². The van der Waals surface area contributed by atoms with Crippen LogP contribution in [-0.2, 0) is 4.74 Å². The van der Waals surface area contributed by atoms with Crippen molar-refractivity contribution in [2.75, 3.05) is 30.4 Å². The Morgan fingerprint density at radius 3 is 3.04 bits per heavy atom. The van der Waals surface area contributed by atoms with E-state index < -0.39 is 0 Å². The zero-order chi connectivity index (χ0) is 15.8. The molecule has 4 rings (SSSR count). The molecule has 0 amide bonds. The minimum Gasteiger partial charge on any atom is -0.379 e. The Kier molecular flexibility index (Phi) is 3.49. The van der Waals surface area contributed by atoms with Gasteiger partial charge in [0.15, 0.2) is 0 Å². The molecule has 2 aromatic heterocycles. The lowest BCUT2D eigenvalue weighted by Crippen LogP contribution is -2.44. The highest BCUT2D eigenvalue weighted by Crippen LogP contribution is 2.34. The van der Waals surface area contributed by atoms with Crippen molar-refractivity contribution in [3.05, 3.63) is 29.5 Å². The van der Waals surface area contributed by atoms with E-state index in [-0.39, 0.29) is 0 Å². The van der Waals surface area contributed by atoms with Crippen LogP contribution in [0.5, 0.6) is 0 Å². The molecule has 1 atom stereocenters. The van der Waals surface area contributed by atoms with Gasteiger partial charge in [-0.3, -0.25) is 0 Å². The highest BCUT2D eigenvalue weighted by molar-refractivity contribution is 5.89. The second-order valence-electron chi connectivity index (χ2n) is 6.01. The number of H-pyrrole nitrogens is 1. The molecule has 7 heteroatoms. The van der Waals surface area contributed by atoms with Gasteiger partial charge in [-0.05, 0) is 25.8 Å². The van der Waals surface area contributed by atoms with Crippen LogP contribution in [0.25, 0.3) is 11.6 Å². The van der Waals surface area contributed by atoms with Crippen LogP contribution in [0.3, 0.4) is 0 Å². The standard InChI is InChI=1S/C16H20N6O/c1-10-13-7-11(14-18-4-5-19-14)8-22(12-3-2-6-23-9-12)15(13)21-16(17)20-10/h4-5,7,12H,2-3,6,8-9H2,1H3,(H,18,19)(H2,17,20,21)/t12-/m1/s1. The topological polar surface area (TPSA) is 92.9 Å². The number of aromatic nitrogens is 4. The lowest BCUT2D eigenvalue weighted by atomic mass is 10.00. The van der Waals surface area contributed by atoms with E-state index in [1.165, 1.54) is 0 Å². The fourth-order valence-electron chi connectivity index (χ4n) is 3.31. The summed E-state index contributed by atoms with van der Waals surface area (Å²) in [6, 6.07) is 0.301. The molecule has 0 aromatic carbocycles. The average Bonchev–Trinajstić information content (AvgIpc) is 3.09. The van der Waals surface area contributed by atoms with Gasteiger partial charge in [0.05, 0.1) is 18.3 Å². The van der Waals surface area contributed by atoms with Gasteiger partial charge in [-0.25, -0.2) is 9.97 Å². The fraction of sp³-hybridized carbons (Fsp3) is 0.438. The summed E-state index contributed by atoms with van der Waals surface area (Å²) >= 11 is 0. The van der Waals surface area contributed by atoms with Gasteiger partial charge in [0.25, 0.3) is 0 Å². The largest absolute Gasteiger partial charge is 0.379 e. The Morgan fingerprint density at radius 1 is 1.39 bits per heavy atom. The van der Waals surface area contributed by atoms with Gasteiger partial charge in [-0.15, -0.1) is 0 Å². The SMILES string of the molecule is Cc1nc(N)nc2c1C=C(c1ncc[nH]1)CN2[C@@H]1CCCOC1. The maximum absolute atomic E-state index is 5.88. The minimum atomic E-state index is 0.301. The van der Waals surface area contributed by atoms with Crippen molar-refractivity contribution in [3.8, 4) is 0 Å². The van der Waals surface area contributed by atoms with Gasteiger partial charge in [0.2, 0.25) is 5.95 Å². The van der Waals surface area contributed by atoms with Crippen molar-refractivity contribution in [2.45, 2.75) is 25.8 Å². The number of aryl methyl sites for hydroxylation is 1. The van der Waals surface area contributed by atoms with E-state index in [4.69, 9.17) is 10.5 Å². The number of ether oxygens (including phenoxy) is 1. The molecule has 0 aliphatic carbocycles. The van der Waals surface area contributed by atoms with Gasteiger partial charge in [0, 0.05) is 36.7 Å². The molecule has 23 heavy (non-hydrogen) atoms. The number of nitrogens with zero attached hydrogens (tertiary/aromatic N) is 4. The van der Waals surface area contributed by atoms with E-state index in [2.05, 4.69) is 30.9 Å². The van der Waals surface area contributed by atoms with E-state index in [1.807, 2.05) is 13.1 Å². The molecule has 0 radical (unpaired) electrons. The first-order valence-electron chi connectivity index (χ1n) is 7.91. The molecule has 2 aromatic rings. The molecule has 0 bridgehead atoms. The fourth-order valence-corrected chi connectivity index (χ4v) is 3.31. The number of nitrogen functional groups attached to an aromatic ring is 1. The van der Waals surface area contributed by atoms with E-state index >= 15 is 0 Å². The van der Waals surface area contributed by atoms with Crippen molar-refractivity contribution >= 4 is 23.4 Å². The Hall–Kier alpha value is -2.41. The number of nitrogens with two attached hydrogens (primary N) is 1. The summed E-state index contributed by atoms with van der Waals surface area (Å²) in [7, 11) is 0. The van der Waals surface area contributed by atoms with Gasteiger partial charge in [-0.1, -0.05) is 0 Å². The number of hydrogen-bond donors (Lipinski definition) is 2. The molecule has 120 valence electrons. The number of nitrogens with one attached hydrogen (secondary N) is 1. The van der Waals surface area contributed by atoms with E-state index in [9.17, 15) is 0 Å². The lowest BCUT2D eigenvalue weighted by Gasteiger charge is -2.38. The van der Waals surface area contributed by atoms with Gasteiger partial charge in [0.1, 0.15) is 11.6 Å². The molecule has 0 saturated carbocycles. The van der Waals surface area contributed by atoms with Crippen molar-refractivity contribution in [2.24, 2.45) is 0 Å². The molecule has 1 saturated heterocycles. The van der Waals surface area contributed by atoms with Crippen LogP contribution in [0.4, 0.5) is 11.8 Å². The van der Waals surface area contributed by atoms with E-state index in [0.717, 1.165) is 54.5 Å². The molecule has 3 N–H and O–H groups in total. The third-order valence-corrected chi connectivity index (χ3v) is 4.44. The summed E-state index contributed by atoms with van der Waals surface area (Å²) in [4.78, 5) is 18.7. The predicted octanol–water partition coefficient (Wildman–Crippen LogP) is 1.63. The summed E-state index contributed by atoms with van der Waals surface area (Å²) in [5.74, 6) is 2.10. The van der Waals surface area contributed by atoms with Crippen LogP contribution in [-0.4, -0.2) is 45.7 Å². The zero-order valence-electron chi connectivity index (χ0n) is 13.1. The number of fused-ring (bicyclic) bond motifs is 1. The first kappa shape index (κ1) is 14.2. The second kappa shape index (κ2) is 5.66. The number of rotatable bonds is 2. The number of aromatic amines is 1. The van der Waals surface area contributed by atoms with Gasteiger partial charge < -0.3 is 20.4 Å². The van der Waals surface area contributed by atoms with Crippen LogP contribution in [0.1, 0.15) is 29.9 Å². The second-order valence-corrected chi connectivity index (χ2v) is 6.01. The van der Waals surface area contributed by atoms with Gasteiger partial charge in [-0.2, -0.15) is 4.98 Å². The van der Waals surface area contributed by atoms with Crippen LogP contribution < -0.4 is 10.6 Å². The first-order chi connectivity index (χ1) is 11.2. The Bertz CT molecular complexity index is 733. The number of hydrogen-bond acceptors (Lipinski definition) is 6. The summed E-state index contributed by atoms with van der Waals surface area (Å²) in [5, 5.41) is 0. The molecule has 7 nitrogen and oxygen atoms in total. The molecule has 2 aliphatic heterocycles. The monoisotopic (exact) mass is 312 g/mol. The van der Waals surface area contributed by atoms with Crippen LogP contribution in [0.2, 0.25) is 0 Å². The summed E-state index contributed by atoms with van der Waals surface area (Å²) in [5.41, 5.74) is 8.92. The minimum absolute atomic E-state index is 0.301. The third kappa shape index (κ3) is 2.57. The predicted molar refractivity (Wildman–Crippen MR) is 88.8 cm³/mol. The highest BCUT2D eigenvalue weighted by atomic mass is 16.5. The average molecular weight is 312 g/mol. The molecule has 0 spiro atoms. The smallest absolute Gasteiger partial charge is 0.222 e. The van der Waals surface area contributed by atoms with Crippen molar-refractivity contribution in [3.63, 3.8) is 0 Å². The first-order valence-corrected chi connectivity index (χ1v) is 7.91. The number of imidazole rings is 1. The van der Waals surface area contributed by atoms with Gasteiger partial charge >= 0.3 is 0 Å². The summed E-state index contributed by atoms with van der Waals surface area (Å²) < 4.78 is 5.68. The van der Waals surface area contributed by atoms with E-state index in [1.54, 1.807) is 6.20 Å². The zero-order valence-corrected chi connectivity index (χ0v) is 13.1. The van der Waals surface area contributed by atoms with Crippen LogP contribution >= 0.6 is 0 Å². The maximum atomic E-state index is 5.88. The van der Waals surface area contributed by atoms with Crippen LogP contribution in [0.15, 0.2) is 12.4 Å². The Balaban J connectivity index is 1.80. The molecular weight excluding hydrogens is 292 g/mol. The molecule has 4 heterocycles. The summed E-state index contributed by atoms with van der Waals surface area (Å²) in [6.45, 7) is 4.26. The van der Waals surface area contributed by atoms with Crippen molar-refractivity contribution in [1.82, 2.24) is 19.9 Å². The maximum Gasteiger partial charge on any atom is 0.222 e. The molecular formula is C16H20N6O. The normalized spacial score (nSPS) is 21.0. The Morgan fingerprint density at radius 2 is 2.30 bits per heavy atom.